The van der Waals surface area contributed by atoms with E-state index < -0.39 is 0 Å². The summed E-state index contributed by atoms with van der Waals surface area (Å²) in [6.45, 7) is 2.96. The number of hydrogen-bond donors (Lipinski definition) is 1. The van der Waals surface area contributed by atoms with Crippen molar-refractivity contribution in [1.29, 1.82) is 0 Å². The van der Waals surface area contributed by atoms with Crippen LogP contribution in [0.4, 0.5) is 0 Å². The van der Waals surface area contributed by atoms with Crippen LogP contribution in [0.3, 0.4) is 0 Å². The predicted octanol–water partition coefficient (Wildman–Crippen LogP) is 1.43. The standard InChI is InChI=1S/C20H21N8O2/c1-29-10-11-30-16-4-2-14(3-5-16)28-20-18(24-26-28)13-22-19(23-20)17-7-9-27(25-17)15-6-8-21-12-15/h2-5,9,13,15,21H,6,8,10-12H2,1H3. The van der Waals surface area contributed by atoms with Crippen molar-refractivity contribution in [3.05, 3.63) is 42.7 Å². The van der Waals surface area contributed by atoms with Crippen LogP contribution in [0.15, 0.2) is 36.7 Å². The summed E-state index contributed by atoms with van der Waals surface area (Å²) in [6.07, 6.45) is 4.57. The maximum absolute atomic E-state index is 5.61. The summed E-state index contributed by atoms with van der Waals surface area (Å²) in [6, 6.07) is 11.1. The highest BCUT2D eigenvalue weighted by Crippen LogP contribution is 2.21. The highest BCUT2D eigenvalue weighted by molar-refractivity contribution is 5.72. The summed E-state index contributed by atoms with van der Waals surface area (Å²) in [5.74, 6) is 1.26. The summed E-state index contributed by atoms with van der Waals surface area (Å²) in [5.41, 5.74) is 2.66. The zero-order valence-electron chi connectivity index (χ0n) is 16.5. The topological polar surface area (TPSA) is 105 Å². The van der Waals surface area contributed by atoms with Crippen molar-refractivity contribution in [2.45, 2.75) is 12.5 Å². The molecule has 0 bridgehead atoms. The van der Waals surface area contributed by atoms with Crippen LogP contribution >= 0.6 is 0 Å². The molecule has 0 amide bonds. The maximum atomic E-state index is 5.61. The third-order valence-corrected chi connectivity index (χ3v) is 5.00. The molecule has 1 aliphatic rings. The Morgan fingerprint density at radius 3 is 2.93 bits per heavy atom. The van der Waals surface area contributed by atoms with E-state index >= 15 is 0 Å². The number of ether oxygens (including phenoxy) is 2. The van der Waals surface area contributed by atoms with Gasteiger partial charge in [-0.05, 0) is 37.2 Å². The molecule has 1 unspecified atom stereocenters. The van der Waals surface area contributed by atoms with Gasteiger partial charge >= 0.3 is 0 Å². The van der Waals surface area contributed by atoms with Crippen molar-refractivity contribution in [2.75, 3.05) is 33.4 Å². The van der Waals surface area contributed by atoms with E-state index in [4.69, 9.17) is 9.47 Å². The van der Waals surface area contributed by atoms with Gasteiger partial charge in [0.2, 0.25) is 0 Å². The average Bonchev–Trinajstić information content (AvgIpc) is 3.54. The number of rotatable bonds is 7. The van der Waals surface area contributed by atoms with Crippen LogP contribution in [0.5, 0.6) is 5.75 Å². The number of benzene rings is 1. The van der Waals surface area contributed by atoms with Crippen LogP contribution in [0.1, 0.15) is 12.5 Å². The van der Waals surface area contributed by atoms with Crippen molar-refractivity contribution < 1.29 is 9.47 Å². The number of nitrogens with zero attached hydrogens (tertiary/aromatic N) is 7. The Kier molecular flexibility index (Phi) is 5.08. The van der Waals surface area contributed by atoms with Gasteiger partial charge in [0.15, 0.2) is 17.0 Å². The van der Waals surface area contributed by atoms with Crippen LogP contribution < -0.4 is 10.1 Å². The fraction of sp³-hybridized carbons (Fsp3) is 0.350. The van der Waals surface area contributed by atoms with Crippen molar-refractivity contribution in [2.24, 2.45) is 0 Å². The second-order valence-electron chi connectivity index (χ2n) is 6.99. The van der Waals surface area contributed by atoms with Gasteiger partial charge in [-0.1, -0.05) is 5.21 Å². The van der Waals surface area contributed by atoms with Crippen molar-refractivity contribution in [3.63, 3.8) is 0 Å². The minimum atomic E-state index is 0.343. The zero-order chi connectivity index (χ0) is 20.3. The van der Waals surface area contributed by atoms with E-state index in [1.54, 1.807) is 18.0 Å². The lowest BCUT2D eigenvalue weighted by atomic mass is 10.3. The maximum Gasteiger partial charge on any atom is 0.187 e. The molecule has 0 spiro atoms. The minimum Gasteiger partial charge on any atom is -0.491 e. The largest absolute Gasteiger partial charge is 0.491 e. The number of fused-ring (bicyclic) bond motifs is 1. The SMILES string of the molecule is COCCOc1ccc(-n2nnc3cnc(-c4[c]cn(C5CCNC5)n4)nc32)cc1. The van der Waals surface area contributed by atoms with Crippen LogP contribution in [-0.2, 0) is 4.74 Å². The number of nitrogens with one attached hydrogen (secondary N) is 1. The molecule has 30 heavy (non-hydrogen) atoms. The van der Waals surface area contributed by atoms with Gasteiger partial charge in [-0.2, -0.15) is 9.78 Å². The molecule has 1 N–H and O–H groups in total. The molecule has 4 aromatic rings. The molecule has 0 saturated carbocycles. The van der Waals surface area contributed by atoms with E-state index in [2.05, 4.69) is 36.8 Å². The van der Waals surface area contributed by atoms with Gasteiger partial charge in [-0.3, -0.25) is 4.68 Å². The first kappa shape index (κ1) is 18.6. The first-order chi connectivity index (χ1) is 14.8. The second-order valence-corrected chi connectivity index (χ2v) is 6.99. The lowest BCUT2D eigenvalue weighted by Crippen LogP contribution is -2.13. The van der Waals surface area contributed by atoms with Gasteiger partial charge < -0.3 is 14.8 Å². The van der Waals surface area contributed by atoms with Crippen LogP contribution in [0.25, 0.3) is 28.4 Å². The number of methoxy groups -OCH3 is 1. The van der Waals surface area contributed by atoms with Gasteiger partial charge in [0.05, 0.1) is 24.5 Å². The molecular weight excluding hydrogens is 384 g/mol. The Balaban J connectivity index is 1.42. The second kappa shape index (κ2) is 8.17. The number of hydrogen-bond acceptors (Lipinski definition) is 8. The van der Waals surface area contributed by atoms with Crippen molar-refractivity contribution in [3.8, 4) is 23.0 Å². The lowest BCUT2D eigenvalue weighted by molar-refractivity contribution is 0.146. The Labute approximate surface area is 172 Å². The molecule has 153 valence electrons. The molecule has 1 aromatic carbocycles. The normalized spacial score (nSPS) is 16.4. The lowest BCUT2D eigenvalue weighted by Gasteiger charge is -2.08. The summed E-state index contributed by atoms with van der Waals surface area (Å²) in [5, 5.41) is 16.4. The molecule has 10 heteroatoms. The van der Waals surface area contributed by atoms with E-state index in [9.17, 15) is 0 Å². The third-order valence-electron chi connectivity index (χ3n) is 5.00. The van der Waals surface area contributed by atoms with Gasteiger partial charge in [-0.25, -0.2) is 9.97 Å². The molecule has 1 saturated heterocycles. The van der Waals surface area contributed by atoms with Crippen molar-refractivity contribution >= 4 is 11.2 Å². The molecular formula is C20H21N8O2. The monoisotopic (exact) mass is 405 g/mol. The molecule has 5 rings (SSSR count). The Morgan fingerprint density at radius 1 is 1.23 bits per heavy atom. The Hall–Kier alpha value is -3.37. The summed E-state index contributed by atoms with van der Waals surface area (Å²) in [4.78, 5) is 9.06. The summed E-state index contributed by atoms with van der Waals surface area (Å²) in [7, 11) is 1.65. The highest BCUT2D eigenvalue weighted by atomic mass is 16.5. The molecule has 1 fully saturated rings. The Bertz CT molecular complexity index is 1130. The van der Waals surface area contributed by atoms with E-state index in [1.807, 2.05) is 35.1 Å². The van der Waals surface area contributed by atoms with Crippen LogP contribution in [-0.4, -0.2) is 68.2 Å². The average molecular weight is 405 g/mol. The van der Waals surface area contributed by atoms with Crippen LogP contribution in [0.2, 0.25) is 0 Å². The third kappa shape index (κ3) is 3.62. The predicted molar refractivity (Wildman–Crippen MR) is 108 cm³/mol. The van der Waals surface area contributed by atoms with Gasteiger partial charge in [-0.15, -0.1) is 5.10 Å². The fourth-order valence-corrected chi connectivity index (χ4v) is 3.40. The molecule has 1 radical (unpaired) electrons. The Morgan fingerprint density at radius 2 is 2.13 bits per heavy atom. The molecule has 4 heterocycles. The molecule has 10 nitrogen and oxygen atoms in total. The minimum absolute atomic E-state index is 0.343. The quantitative estimate of drug-likeness (QED) is 0.461. The zero-order valence-corrected chi connectivity index (χ0v) is 16.5. The van der Waals surface area contributed by atoms with Gasteiger partial charge in [0.1, 0.15) is 18.1 Å². The molecule has 0 aliphatic carbocycles. The van der Waals surface area contributed by atoms with E-state index in [0.717, 1.165) is 30.9 Å². The summed E-state index contributed by atoms with van der Waals surface area (Å²) < 4.78 is 14.2. The molecule has 3 aromatic heterocycles. The fourth-order valence-electron chi connectivity index (χ4n) is 3.40. The van der Waals surface area contributed by atoms with E-state index in [1.165, 1.54) is 0 Å². The number of aromatic nitrogens is 7. The molecule has 1 aliphatic heterocycles. The molecule has 1 atom stereocenters. The highest BCUT2D eigenvalue weighted by Gasteiger charge is 2.19. The first-order valence-electron chi connectivity index (χ1n) is 9.80. The van der Waals surface area contributed by atoms with Crippen molar-refractivity contribution in [1.82, 2.24) is 40.1 Å². The summed E-state index contributed by atoms with van der Waals surface area (Å²) >= 11 is 0. The smallest absolute Gasteiger partial charge is 0.187 e. The first-order valence-corrected chi connectivity index (χ1v) is 9.80. The van der Waals surface area contributed by atoms with E-state index in [0.29, 0.717) is 41.9 Å². The van der Waals surface area contributed by atoms with E-state index in [-0.39, 0.29) is 0 Å². The van der Waals surface area contributed by atoms with Crippen LogP contribution in [0, 0.1) is 6.07 Å². The van der Waals surface area contributed by atoms with Gasteiger partial charge in [0, 0.05) is 25.9 Å². The van der Waals surface area contributed by atoms with Gasteiger partial charge in [0.25, 0.3) is 0 Å².